The maximum atomic E-state index is 10.8. The van der Waals surface area contributed by atoms with Gasteiger partial charge < -0.3 is 10.2 Å². The number of hydrogen-bond donors (Lipinski definition) is 3. The predicted molar refractivity (Wildman–Crippen MR) is 70.1 cm³/mol. The number of nitro benzene ring substituents is 2. The maximum absolute atomic E-state index is 10.8. The zero-order valence-corrected chi connectivity index (χ0v) is 10.6. The SMILES string of the molecule is C[C@@H](O)C(=NNc1ccc([N+](=O)[O-])cc1[N+](=O)[O-])C(=O)O. The number of nitrogens with one attached hydrogen (secondary N) is 1. The standard InChI is InChI=1S/C10H10N4O7/c1-5(15)9(10(16)17)12-11-7-3-2-6(13(18)19)4-8(7)14(20)21/h2-5,11,15H,1H3,(H,16,17)/t5-/m1/s1. The molecule has 0 spiro atoms. The third-order valence-electron chi connectivity index (χ3n) is 2.30. The lowest BCUT2D eigenvalue weighted by molar-refractivity contribution is -0.393. The summed E-state index contributed by atoms with van der Waals surface area (Å²) in [5.41, 5.74) is 0.0519. The Kier molecular flexibility index (Phi) is 4.86. The summed E-state index contributed by atoms with van der Waals surface area (Å²) >= 11 is 0. The molecule has 21 heavy (non-hydrogen) atoms. The number of aliphatic carboxylic acids is 1. The second-order valence-corrected chi connectivity index (χ2v) is 3.81. The molecule has 112 valence electrons. The van der Waals surface area contributed by atoms with Crippen molar-refractivity contribution >= 4 is 28.7 Å². The van der Waals surface area contributed by atoms with Gasteiger partial charge in [-0.3, -0.25) is 25.7 Å². The van der Waals surface area contributed by atoms with Gasteiger partial charge in [0.1, 0.15) is 11.8 Å². The van der Waals surface area contributed by atoms with Gasteiger partial charge in [0, 0.05) is 6.07 Å². The molecule has 0 saturated carbocycles. The molecule has 0 unspecified atom stereocenters. The Balaban J connectivity index is 3.19. The van der Waals surface area contributed by atoms with Crippen LogP contribution in [0.2, 0.25) is 0 Å². The highest BCUT2D eigenvalue weighted by atomic mass is 16.6. The van der Waals surface area contributed by atoms with E-state index in [1.165, 1.54) is 0 Å². The molecule has 0 fully saturated rings. The lowest BCUT2D eigenvalue weighted by Gasteiger charge is -2.06. The molecule has 0 aliphatic rings. The van der Waals surface area contributed by atoms with E-state index >= 15 is 0 Å². The van der Waals surface area contributed by atoms with E-state index < -0.39 is 39.0 Å². The summed E-state index contributed by atoms with van der Waals surface area (Å²) in [5, 5.41) is 42.7. The summed E-state index contributed by atoms with van der Waals surface area (Å²) in [4.78, 5) is 30.5. The van der Waals surface area contributed by atoms with Crippen molar-refractivity contribution in [1.82, 2.24) is 0 Å². The number of benzene rings is 1. The Morgan fingerprint density at radius 2 is 1.95 bits per heavy atom. The van der Waals surface area contributed by atoms with Crippen LogP contribution in [0.15, 0.2) is 23.3 Å². The van der Waals surface area contributed by atoms with E-state index in [0.29, 0.717) is 6.07 Å². The van der Waals surface area contributed by atoms with Crippen molar-refractivity contribution in [1.29, 1.82) is 0 Å². The van der Waals surface area contributed by atoms with Gasteiger partial charge in [-0.25, -0.2) is 4.79 Å². The molecular formula is C10H10N4O7. The van der Waals surface area contributed by atoms with Crippen LogP contribution in [-0.4, -0.2) is 37.8 Å². The number of aliphatic hydroxyl groups excluding tert-OH is 1. The fraction of sp³-hybridized carbons (Fsp3) is 0.200. The molecule has 0 bridgehead atoms. The van der Waals surface area contributed by atoms with E-state index in [0.717, 1.165) is 19.1 Å². The molecule has 3 N–H and O–H groups in total. The molecule has 0 heterocycles. The Morgan fingerprint density at radius 3 is 2.38 bits per heavy atom. The molecule has 1 aromatic rings. The highest BCUT2D eigenvalue weighted by molar-refractivity contribution is 6.37. The van der Waals surface area contributed by atoms with Gasteiger partial charge in [0.25, 0.3) is 5.69 Å². The number of carboxylic acid groups (broad SMARTS) is 1. The highest BCUT2D eigenvalue weighted by Crippen LogP contribution is 2.28. The van der Waals surface area contributed by atoms with Crippen molar-refractivity contribution in [3.05, 3.63) is 38.4 Å². The van der Waals surface area contributed by atoms with Crippen LogP contribution >= 0.6 is 0 Å². The van der Waals surface area contributed by atoms with E-state index in [1.807, 2.05) is 0 Å². The van der Waals surface area contributed by atoms with Crippen molar-refractivity contribution < 1.29 is 24.9 Å². The minimum atomic E-state index is -1.51. The molecule has 11 heteroatoms. The second kappa shape index (κ2) is 6.38. The number of aliphatic hydroxyl groups is 1. The first-order valence-electron chi connectivity index (χ1n) is 5.41. The van der Waals surface area contributed by atoms with Crippen LogP contribution in [-0.2, 0) is 4.79 Å². The first kappa shape index (κ1) is 16.0. The van der Waals surface area contributed by atoms with Crippen LogP contribution in [0, 0.1) is 20.2 Å². The van der Waals surface area contributed by atoms with Crippen molar-refractivity contribution in [3.8, 4) is 0 Å². The smallest absolute Gasteiger partial charge is 0.354 e. The zero-order valence-electron chi connectivity index (χ0n) is 10.6. The van der Waals surface area contributed by atoms with Gasteiger partial charge in [-0.05, 0) is 13.0 Å². The molecular weight excluding hydrogens is 288 g/mol. The summed E-state index contributed by atoms with van der Waals surface area (Å²) in [6.45, 7) is 1.15. The van der Waals surface area contributed by atoms with Crippen LogP contribution in [0.1, 0.15) is 6.92 Å². The first-order chi connectivity index (χ1) is 9.73. The average molecular weight is 298 g/mol. The van der Waals surface area contributed by atoms with Crippen molar-refractivity contribution in [3.63, 3.8) is 0 Å². The van der Waals surface area contributed by atoms with Crippen LogP contribution in [0.5, 0.6) is 0 Å². The third-order valence-corrected chi connectivity index (χ3v) is 2.30. The molecule has 0 saturated heterocycles. The molecule has 11 nitrogen and oxygen atoms in total. The molecule has 0 aromatic heterocycles. The van der Waals surface area contributed by atoms with Gasteiger partial charge in [0.15, 0.2) is 5.71 Å². The Hall–Kier alpha value is -3.08. The van der Waals surface area contributed by atoms with Crippen LogP contribution in [0.25, 0.3) is 0 Å². The first-order valence-corrected chi connectivity index (χ1v) is 5.41. The third kappa shape index (κ3) is 3.94. The van der Waals surface area contributed by atoms with E-state index in [1.54, 1.807) is 0 Å². The average Bonchev–Trinajstić information content (AvgIpc) is 2.37. The summed E-state index contributed by atoms with van der Waals surface area (Å²) in [6.07, 6.45) is -1.41. The number of rotatable bonds is 6. The fourth-order valence-corrected chi connectivity index (χ4v) is 1.32. The van der Waals surface area contributed by atoms with Gasteiger partial charge in [-0.1, -0.05) is 0 Å². The quantitative estimate of drug-likeness (QED) is 0.392. The van der Waals surface area contributed by atoms with E-state index in [4.69, 9.17) is 5.11 Å². The molecule has 0 aliphatic carbocycles. The number of hydrazone groups is 1. The van der Waals surface area contributed by atoms with Crippen molar-refractivity contribution in [2.24, 2.45) is 5.10 Å². The highest BCUT2D eigenvalue weighted by Gasteiger charge is 2.21. The number of hydrogen-bond acceptors (Lipinski definition) is 8. The number of carbonyl (C=O) groups is 1. The van der Waals surface area contributed by atoms with Crippen molar-refractivity contribution in [2.45, 2.75) is 13.0 Å². The zero-order chi connectivity index (χ0) is 16.2. The van der Waals surface area contributed by atoms with Gasteiger partial charge in [0.2, 0.25) is 0 Å². The summed E-state index contributed by atoms with van der Waals surface area (Å²) in [6, 6.07) is 2.72. The number of carboxylic acids is 1. The fourth-order valence-electron chi connectivity index (χ4n) is 1.32. The maximum Gasteiger partial charge on any atom is 0.354 e. The number of anilines is 1. The number of nitrogens with zero attached hydrogens (tertiary/aromatic N) is 3. The summed E-state index contributed by atoms with van der Waals surface area (Å²) in [5.74, 6) is -1.51. The normalized spacial score (nSPS) is 12.6. The van der Waals surface area contributed by atoms with Crippen LogP contribution in [0.4, 0.5) is 17.1 Å². The Bertz CT molecular complexity index is 626. The van der Waals surface area contributed by atoms with E-state index in [2.05, 4.69) is 10.5 Å². The Labute approximate surface area is 116 Å². The molecule has 1 atom stereocenters. The lowest BCUT2D eigenvalue weighted by atomic mass is 10.2. The molecule has 0 radical (unpaired) electrons. The monoisotopic (exact) mass is 298 g/mol. The molecule has 1 rings (SSSR count). The second-order valence-electron chi connectivity index (χ2n) is 3.81. The molecule has 1 aromatic carbocycles. The van der Waals surface area contributed by atoms with Crippen molar-refractivity contribution in [2.75, 3.05) is 5.43 Å². The van der Waals surface area contributed by atoms with E-state index in [9.17, 15) is 30.1 Å². The number of nitro groups is 2. The predicted octanol–water partition coefficient (Wildman–Crippen LogP) is 0.736. The topological polar surface area (TPSA) is 168 Å². The minimum Gasteiger partial charge on any atom is -0.477 e. The lowest BCUT2D eigenvalue weighted by Crippen LogP contribution is -2.26. The summed E-state index contributed by atoms with van der Waals surface area (Å²) < 4.78 is 0. The molecule has 0 amide bonds. The van der Waals surface area contributed by atoms with E-state index in [-0.39, 0.29) is 5.69 Å². The molecule has 0 aliphatic heterocycles. The van der Waals surface area contributed by atoms with Gasteiger partial charge >= 0.3 is 11.7 Å². The largest absolute Gasteiger partial charge is 0.477 e. The van der Waals surface area contributed by atoms with Gasteiger partial charge in [-0.2, -0.15) is 5.10 Å². The Morgan fingerprint density at radius 1 is 1.33 bits per heavy atom. The number of non-ortho nitro benzene ring substituents is 1. The van der Waals surface area contributed by atoms with Gasteiger partial charge in [0.05, 0.1) is 15.9 Å². The van der Waals surface area contributed by atoms with Gasteiger partial charge in [-0.15, -0.1) is 0 Å². The summed E-state index contributed by atoms with van der Waals surface area (Å²) in [7, 11) is 0. The van der Waals surface area contributed by atoms with Crippen LogP contribution < -0.4 is 5.43 Å². The minimum absolute atomic E-state index is 0.245. The van der Waals surface area contributed by atoms with Crippen LogP contribution in [0.3, 0.4) is 0 Å².